The van der Waals surface area contributed by atoms with E-state index in [1.807, 2.05) is 27.7 Å². The van der Waals surface area contributed by atoms with Crippen LogP contribution in [0.25, 0.3) is 0 Å². The van der Waals surface area contributed by atoms with Gasteiger partial charge < -0.3 is 13.9 Å². The van der Waals surface area contributed by atoms with E-state index in [1.165, 1.54) is 7.11 Å². The Morgan fingerprint density at radius 2 is 1.70 bits per heavy atom. The van der Waals surface area contributed by atoms with Gasteiger partial charge in [0.25, 0.3) is 0 Å². The number of methoxy groups -OCH3 is 1. The van der Waals surface area contributed by atoms with Gasteiger partial charge in [-0.15, -0.1) is 0 Å². The smallest absolute Gasteiger partial charge is 0.411 e. The van der Waals surface area contributed by atoms with Crippen LogP contribution in [0.2, 0.25) is 18.1 Å². The molecular formula is C20H39NO5Si. The third-order valence-corrected chi connectivity index (χ3v) is 10.1. The van der Waals surface area contributed by atoms with Gasteiger partial charge in [-0.25, -0.2) is 9.59 Å². The summed E-state index contributed by atoms with van der Waals surface area (Å²) >= 11 is 0. The fraction of sp³-hybridized carbons (Fsp3) is 0.900. The van der Waals surface area contributed by atoms with E-state index in [4.69, 9.17) is 13.9 Å². The second kappa shape index (κ2) is 8.11. The van der Waals surface area contributed by atoms with E-state index in [-0.39, 0.29) is 11.1 Å². The number of carbonyl (C=O) groups excluding carboxylic acids is 2. The van der Waals surface area contributed by atoms with E-state index in [2.05, 4.69) is 33.9 Å². The van der Waals surface area contributed by atoms with Crippen molar-refractivity contribution in [3.8, 4) is 0 Å². The lowest BCUT2D eigenvalue weighted by molar-refractivity contribution is -0.153. The second-order valence-corrected chi connectivity index (χ2v) is 14.8. The molecule has 0 aliphatic carbocycles. The number of ether oxygens (including phenoxy) is 2. The summed E-state index contributed by atoms with van der Waals surface area (Å²) in [4.78, 5) is 27.3. The predicted octanol–water partition coefficient (Wildman–Crippen LogP) is 4.73. The first kappa shape index (κ1) is 24.0. The molecule has 6 nitrogen and oxygen atoms in total. The maximum absolute atomic E-state index is 12.9. The maximum atomic E-state index is 12.9. The number of amides is 1. The third-order valence-electron chi connectivity index (χ3n) is 5.58. The summed E-state index contributed by atoms with van der Waals surface area (Å²) in [7, 11) is -0.672. The summed E-state index contributed by atoms with van der Waals surface area (Å²) in [5.41, 5.74) is -1.66. The average Bonchev–Trinajstić information content (AvgIpc) is 2.82. The van der Waals surface area contributed by atoms with E-state index in [9.17, 15) is 9.59 Å². The summed E-state index contributed by atoms with van der Waals surface area (Å²) in [6.45, 7) is 18.7. The Kier molecular flexibility index (Phi) is 7.20. The molecule has 7 heteroatoms. The van der Waals surface area contributed by atoms with Gasteiger partial charge in [0, 0.05) is 6.42 Å². The average molecular weight is 402 g/mol. The Bertz CT molecular complexity index is 550. The van der Waals surface area contributed by atoms with E-state index in [0.29, 0.717) is 19.4 Å². The molecule has 1 amide bonds. The van der Waals surface area contributed by atoms with E-state index < -0.39 is 31.5 Å². The molecule has 0 unspecified atom stereocenters. The van der Waals surface area contributed by atoms with Gasteiger partial charge in [0.2, 0.25) is 0 Å². The first-order valence-corrected chi connectivity index (χ1v) is 12.8. The lowest BCUT2D eigenvalue weighted by Gasteiger charge is -2.38. The van der Waals surface area contributed by atoms with Crippen LogP contribution in [0.3, 0.4) is 0 Å². The van der Waals surface area contributed by atoms with Crippen LogP contribution in [-0.2, 0) is 18.7 Å². The van der Waals surface area contributed by atoms with Crippen molar-refractivity contribution in [3.05, 3.63) is 0 Å². The van der Waals surface area contributed by atoms with Crippen LogP contribution in [0, 0.1) is 0 Å². The third kappa shape index (κ3) is 5.47. The van der Waals surface area contributed by atoms with Gasteiger partial charge in [0.1, 0.15) is 11.1 Å². The molecule has 1 saturated heterocycles. The van der Waals surface area contributed by atoms with Gasteiger partial charge in [0.15, 0.2) is 8.32 Å². The summed E-state index contributed by atoms with van der Waals surface area (Å²) in [6.07, 6.45) is 1.03. The molecule has 27 heavy (non-hydrogen) atoms. The van der Waals surface area contributed by atoms with Crippen molar-refractivity contribution < 1.29 is 23.5 Å². The van der Waals surface area contributed by atoms with Crippen molar-refractivity contribution in [3.63, 3.8) is 0 Å². The molecule has 0 saturated carbocycles. The lowest BCUT2D eigenvalue weighted by atomic mass is 9.90. The second-order valence-electron chi connectivity index (χ2n) is 10.1. The molecule has 158 valence electrons. The minimum absolute atomic E-state index is 0.0466. The molecule has 2 atom stereocenters. The van der Waals surface area contributed by atoms with Gasteiger partial charge >= 0.3 is 12.1 Å². The number of hydrogen-bond acceptors (Lipinski definition) is 5. The van der Waals surface area contributed by atoms with Crippen LogP contribution in [0.1, 0.15) is 67.7 Å². The molecule has 1 rings (SSSR count). The lowest BCUT2D eigenvalue weighted by Crippen LogP contribution is -2.54. The maximum Gasteiger partial charge on any atom is 0.411 e. The highest BCUT2D eigenvalue weighted by molar-refractivity contribution is 6.74. The molecule has 0 bridgehead atoms. The number of hydrogen-bond donors (Lipinski definition) is 0. The molecule has 0 aromatic heterocycles. The van der Waals surface area contributed by atoms with Crippen LogP contribution in [0.4, 0.5) is 4.79 Å². The van der Waals surface area contributed by atoms with Crippen molar-refractivity contribution in [2.45, 2.75) is 103 Å². The number of rotatable bonds is 5. The number of carbonyl (C=O) groups is 2. The van der Waals surface area contributed by atoms with Gasteiger partial charge in [-0.2, -0.15) is 0 Å². The Morgan fingerprint density at radius 1 is 1.15 bits per heavy atom. The van der Waals surface area contributed by atoms with Gasteiger partial charge in [0.05, 0.1) is 19.8 Å². The van der Waals surface area contributed by atoms with Gasteiger partial charge in [-0.3, -0.25) is 4.90 Å². The Morgan fingerprint density at radius 3 is 2.11 bits per heavy atom. The molecule has 1 aliphatic heterocycles. The fourth-order valence-electron chi connectivity index (χ4n) is 3.30. The van der Waals surface area contributed by atoms with Crippen LogP contribution >= 0.6 is 0 Å². The van der Waals surface area contributed by atoms with Crippen LogP contribution in [-0.4, -0.2) is 56.2 Å². The molecule has 0 radical (unpaired) electrons. The molecule has 0 aromatic carbocycles. The normalized spacial score (nSPS) is 24.1. The minimum Gasteiger partial charge on any atom is -0.467 e. The first-order valence-electron chi connectivity index (χ1n) is 9.86. The Labute approximate surface area is 166 Å². The van der Waals surface area contributed by atoms with Crippen molar-refractivity contribution in [1.82, 2.24) is 4.90 Å². The minimum atomic E-state index is -2.04. The molecular weight excluding hydrogens is 362 g/mol. The van der Waals surface area contributed by atoms with Crippen LogP contribution in [0.15, 0.2) is 0 Å². The highest BCUT2D eigenvalue weighted by Gasteiger charge is 2.56. The molecule has 1 heterocycles. The zero-order chi connectivity index (χ0) is 21.3. The van der Waals surface area contributed by atoms with Crippen LogP contribution < -0.4 is 0 Å². The standard InChI is InChI=1S/C20H39NO5Si/c1-11-12-20(16(22)24-8)13-15(26-27(9,10)19(5,6)7)14-21(20)17(23)25-18(2,3)4/h15H,11-14H2,1-10H3/t15-,20+/m1/s1. The van der Waals surface area contributed by atoms with Gasteiger partial charge in [-0.1, -0.05) is 34.1 Å². The van der Waals surface area contributed by atoms with E-state index in [0.717, 1.165) is 6.42 Å². The summed E-state index contributed by atoms with van der Waals surface area (Å²) in [6, 6.07) is 0. The summed E-state index contributed by atoms with van der Waals surface area (Å²) in [5.74, 6) is -0.392. The highest BCUT2D eigenvalue weighted by Crippen LogP contribution is 2.42. The van der Waals surface area contributed by atoms with Crippen molar-refractivity contribution in [2.75, 3.05) is 13.7 Å². The largest absolute Gasteiger partial charge is 0.467 e. The monoisotopic (exact) mass is 401 g/mol. The number of nitrogens with zero attached hydrogens (tertiary/aromatic N) is 1. The molecule has 1 aliphatic rings. The number of esters is 1. The first-order chi connectivity index (χ1) is 12.1. The zero-order valence-corrected chi connectivity index (χ0v) is 19.9. The SMILES string of the molecule is CCC[C@@]1(C(=O)OC)C[C@@H](O[Si](C)(C)C(C)(C)C)CN1C(=O)OC(C)(C)C. The Balaban J connectivity index is 3.23. The summed E-state index contributed by atoms with van der Waals surface area (Å²) in [5, 5.41) is 0.0466. The molecule has 0 spiro atoms. The molecule has 0 aromatic rings. The fourth-order valence-corrected chi connectivity index (χ4v) is 4.65. The number of likely N-dealkylation sites (tertiary alicyclic amines) is 1. The molecule has 0 N–H and O–H groups in total. The highest BCUT2D eigenvalue weighted by atomic mass is 28.4. The van der Waals surface area contributed by atoms with Crippen molar-refractivity contribution in [1.29, 1.82) is 0 Å². The van der Waals surface area contributed by atoms with Crippen LogP contribution in [0.5, 0.6) is 0 Å². The van der Waals surface area contributed by atoms with E-state index >= 15 is 0 Å². The van der Waals surface area contributed by atoms with Crippen molar-refractivity contribution in [2.24, 2.45) is 0 Å². The topological polar surface area (TPSA) is 65.1 Å². The Hall–Kier alpha value is -1.08. The predicted molar refractivity (Wildman–Crippen MR) is 109 cm³/mol. The van der Waals surface area contributed by atoms with Gasteiger partial charge in [-0.05, 0) is 45.3 Å². The van der Waals surface area contributed by atoms with Crippen molar-refractivity contribution >= 4 is 20.4 Å². The quantitative estimate of drug-likeness (QED) is 0.492. The zero-order valence-electron chi connectivity index (χ0n) is 18.9. The van der Waals surface area contributed by atoms with E-state index in [1.54, 1.807) is 4.90 Å². The summed E-state index contributed by atoms with van der Waals surface area (Å²) < 4.78 is 17.3. The molecule has 1 fully saturated rings.